The molecule has 1 rings (SSSR count). The molecule has 0 aliphatic heterocycles. The fraction of sp³-hybridized carbons (Fsp3) is 0.750. The second-order valence-corrected chi connectivity index (χ2v) is 6.19. The lowest BCUT2D eigenvalue weighted by Gasteiger charge is -2.37. The highest BCUT2D eigenvalue weighted by molar-refractivity contribution is 7.08. The Morgan fingerprint density at radius 1 is 1.39 bits per heavy atom. The summed E-state index contributed by atoms with van der Waals surface area (Å²) in [7, 11) is 0. The third kappa shape index (κ3) is 3.26. The van der Waals surface area contributed by atoms with Crippen molar-refractivity contribution < 1.29 is 9.90 Å². The van der Waals surface area contributed by atoms with Crippen molar-refractivity contribution in [2.45, 2.75) is 58.6 Å². The van der Waals surface area contributed by atoms with Gasteiger partial charge in [-0.05, 0) is 45.6 Å². The number of amides is 1. The number of hydrogen-bond acceptors (Lipinski definition) is 5. The molecule has 102 valence electrons. The zero-order valence-electron chi connectivity index (χ0n) is 11.6. The van der Waals surface area contributed by atoms with Gasteiger partial charge in [0.2, 0.25) is 0 Å². The van der Waals surface area contributed by atoms with Crippen molar-refractivity contribution in [1.82, 2.24) is 14.9 Å². The number of nitrogens with zero attached hydrogens (tertiary/aromatic N) is 2. The monoisotopic (exact) mass is 271 g/mol. The van der Waals surface area contributed by atoms with Crippen molar-refractivity contribution in [3.63, 3.8) is 0 Å². The molecule has 5 nitrogen and oxygen atoms in total. The van der Waals surface area contributed by atoms with Gasteiger partial charge >= 0.3 is 0 Å². The molecule has 1 aromatic heterocycles. The smallest absolute Gasteiger partial charge is 0.265 e. The van der Waals surface area contributed by atoms with Crippen molar-refractivity contribution in [2.24, 2.45) is 0 Å². The fourth-order valence-corrected chi connectivity index (χ4v) is 1.88. The lowest BCUT2D eigenvalue weighted by Crippen LogP contribution is -2.57. The molecular formula is C12H21N3O2S. The molecule has 0 aromatic carbocycles. The summed E-state index contributed by atoms with van der Waals surface area (Å²) < 4.78 is 3.82. The fourth-order valence-electron chi connectivity index (χ4n) is 1.28. The van der Waals surface area contributed by atoms with Gasteiger partial charge < -0.3 is 10.4 Å². The maximum absolute atomic E-state index is 12.2. The molecule has 0 fully saturated rings. The van der Waals surface area contributed by atoms with E-state index in [4.69, 9.17) is 0 Å². The minimum Gasteiger partial charge on any atom is -0.388 e. The van der Waals surface area contributed by atoms with Crippen molar-refractivity contribution in [3.8, 4) is 0 Å². The highest BCUT2D eigenvalue weighted by Crippen LogP contribution is 2.22. The average molecular weight is 271 g/mol. The van der Waals surface area contributed by atoms with Gasteiger partial charge in [-0.15, -0.1) is 5.10 Å². The second-order valence-electron chi connectivity index (χ2n) is 5.44. The molecule has 0 aliphatic carbocycles. The minimum absolute atomic E-state index is 0.222. The zero-order chi connectivity index (χ0) is 14.0. The van der Waals surface area contributed by atoms with E-state index < -0.39 is 11.1 Å². The molecule has 0 saturated heterocycles. The van der Waals surface area contributed by atoms with Crippen LogP contribution in [0.4, 0.5) is 0 Å². The first-order valence-electron chi connectivity index (χ1n) is 6.05. The largest absolute Gasteiger partial charge is 0.388 e. The zero-order valence-corrected chi connectivity index (χ0v) is 12.4. The van der Waals surface area contributed by atoms with Crippen LogP contribution in [0.25, 0.3) is 0 Å². The van der Waals surface area contributed by atoms with Gasteiger partial charge in [0.15, 0.2) is 0 Å². The van der Waals surface area contributed by atoms with Gasteiger partial charge in [0.25, 0.3) is 5.91 Å². The van der Waals surface area contributed by atoms with Gasteiger partial charge in [0, 0.05) is 0 Å². The van der Waals surface area contributed by atoms with Crippen LogP contribution in [0.15, 0.2) is 0 Å². The lowest BCUT2D eigenvalue weighted by atomic mass is 9.86. The maximum Gasteiger partial charge on any atom is 0.265 e. The quantitative estimate of drug-likeness (QED) is 0.856. The standard InChI is InChI=1S/C12H21N3O2S/c1-6-7-8-9(18-15-14-8)10(16)13-11(2,3)12(4,5)17/h17H,6-7H2,1-5H3,(H,13,16). The first-order chi connectivity index (χ1) is 8.19. The second kappa shape index (κ2) is 5.32. The summed E-state index contributed by atoms with van der Waals surface area (Å²) in [6, 6.07) is 0. The topological polar surface area (TPSA) is 75.1 Å². The summed E-state index contributed by atoms with van der Waals surface area (Å²) in [4.78, 5) is 12.7. The van der Waals surface area contributed by atoms with Crippen LogP contribution in [-0.4, -0.2) is 31.7 Å². The molecule has 1 heterocycles. The first-order valence-corrected chi connectivity index (χ1v) is 6.82. The molecule has 0 atom stereocenters. The Bertz CT molecular complexity index is 421. The number of carbonyl (C=O) groups is 1. The summed E-state index contributed by atoms with van der Waals surface area (Å²) in [5.74, 6) is -0.222. The minimum atomic E-state index is -1.01. The molecule has 0 aliphatic rings. The van der Waals surface area contributed by atoms with Gasteiger partial charge in [-0.3, -0.25) is 4.79 Å². The van der Waals surface area contributed by atoms with Crippen LogP contribution in [-0.2, 0) is 6.42 Å². The van der Waals surface area contributed by atoms with Crippen LogP contribution < -0.4 is 5.32 Å². The van der Waals surface area contributed by atoms with Crippen molar-refractivity contribution >= 4 is 17.4 Å². The number of hydrogen-bond donors (Lipinski definition) is 2. The predicted molar refractivity (Wildman–Crippen MR) is 71.7 cm³/mol. The van der Waals surface area contributed by atoms with E-state index in [0.29, 0.717) is 4.88 Å². The molecule has 2 N–H and O–H groups in total. The van der Waals surface area contributed by atoms with Gasteiger partial charge in [-0.2, -0.15) is 0 Å². The molecule has 18 heavy (non-hydrogen) atoms. The number of aromatic nitrogens is 2. The SMILES string of the molecule is CCCc1nnsc1C(=O)NC(C)(C)C(C)(C)O. The molecule has 0 radical (unpaired) electrons. The number of rotatable bonds is 5. The van der Waals surface area contributed by atoms with E-state index in [9.17, 15) is 9.90 Å². The van der Waals surface area contributed by atoms with Gasteiger partial charge in [0.1, 0.15) is 4.88 Å². The molecule has 1 aromatic rings. The Balaban J connectivity index is 2.86. The molecule has 1 amide bonds. The van der Waals surface area contributed by atoms with Crippen molar-refractivity contribution in [1.29, 1.82) is 0 Å². The Morgan fingerprint density at radius 3 is 2.50 bits per heavy atom. The van der Waals surface area contributed by atoms with Crippen LogP contribution in [0.5, 0.6) is 0 Å². The molecular weight excluding hydrogens is 250 g/mol. The van der Waals surface area contributed by atoms with Gasteiger partial charge in [0.05, 0.1) is 16.8 Å². The van der Waals surface area contributed by atoms with Gasteiger partial charge in [-0.25, -0.2) is 0 Å². The van der Waals surface area contributed by atoms with E-state index in [2.05, 4.69) is 14.9 Å². The highest BCUT2D eigenvalue weighted by atomic mass is 32.1. The number of aryl methyl sites for hydroxylation is 1. The molecule has 0 bridgehead atoms. The maximum atomic E-state index is 12.2. The summed E-state index contributed by atoms with van der Waals surface area (Å²) in [6.45, 7) is 8.95. The Morgan fingerprint density at radius 2 is 2.00 bits per heavy atom. The van der Waals surface area contributed by atoms with E-state index >= 15 is 0 Å². The Labute approximate surface area is 112 Å². The average Bonchev–Trinajstić information content (AvgIpc) is 2.64. The van der Waals surface area contributed by atoms with Crippen LogP contribution in [0.2, 0.25) is 0 Å². The summed E-state index contributed by atoms with van der Waals surface area (Å²) in [5.41, 5.74) is -1.00. The normalized spacial score (nSPS) is 12.6. The van der Waals surface area contributed by atoms with E-state index in [1.165, 1.54) is 0 Å². The number of aliphatic hydroxyl groups is 1. The van der Waals surface area contributed by atoms with Gasteiger partial charge in [-0.1, -0.05) is 17.8 Å². The third-order valence-corrected chi connectivity index (χ3v) is 3.97. The number of carbonyl (C=O) groups excluding carboxylic acids is 1. The lowest BCUT2D eigenvalue weighted by molar-refractivity contribution is -0.00287. The Kier molecular flexibility index (Phi) is 4.45. The van der Waals surface area contributed by atoms with Crippen molar-refractivity contribution in [3.05, 3.63) is 10.6 Å². The summed E-state index contributed by atoms with van der Waals surface area (Å²) in [5, 5.41) is 16.8. The summed E-state index contributed by atoms with van der Waals surface area (Å²) >= 11 is 1.09. The van der Waals surface area contributed by atoms with E-state index in [1.54, 1.807) is 27.7 Å². The Hall–Kier alpha value is -1.01. The van der Waals surface area contributed by atoms with Crippen LogP contribution in [0.3, 0.4) is 0 Å². The predicted octanol–water partition coefficient (Wildman–Crippen LogP) is 1.77. The van der Waals surface area contributed by atoms with E-state index in [1.807, 2.05) is 6.92 Å². The molecule has 0 saturated carbocycles. The van der Waals surface area contributed by atoms with Crippen LogP contribution in [0, 0.1) is 0 Å². The molecule has 0 unspecified atom stereocenters. The molecule has 0 spiro atoms. The van der Waals surface area contributed by atoms with Crippen LogP contribution in [0.1, 0.15) is 56.4 Å². The number of nitrogens with one attached hydrogen (secondary N) is 1. The van der Waals surface area contributed by atoms with Crippen molar-refractivity contribution in [2.75, 3.05) is 0 Å². The third-order valence-electron chi connectivity index (χ3n) is 3.20. The first kappa shape index (κ1) is 15.0. The van der Waals surface area contributed by atoms with E-state index in [-0.39, 0.29) is 5.91 Å². The highest BCUT2D eigenvalue weighted by Gasteiger charge is 2.37. The molecule has 6 heteroatoms. The van der Waals surface area contributed by atoms with E-state index in [0.717, 1.165) is 30.1 Å². The summed E-state index contributed by atoms with van der Waals surface area (Å²) in [6.07, 6.45) is 1.66. The van der Waals surface area contributed by atoms with Crippen LogP contribution >= 0.6 is 11.5 Å².